The maximum absolute atomic E-state index is 11.4. The summed E-state index contributed by atoms with van der Waals surface area (Å²) < 4.78 is 0. The average molecular weight is 342 g/mol. The lowest BCUT2D eigenvalue weighted by molar-refractivity contribution is -0.153. The molecule has 5 unspecified atom stereocenters. The summed E-state index contributed by atoms with van der Waals surface area (Å²) in [5.74, 6) is -0.161. The predicted molar refractivity (Wildman–Crippen MR) is 63.4 cm³/mol. The normalized spacial score (nSPS) is 48.5. The molecule has 15 heavy (non-hydrogen) atoms. The van der Waals surface area contributed by atoms with E-state index in [0.29, 0.717) is 23.6 Å². The van der Waals surface area contributed by atoms with Gasteiger partial charge in [-0.2, -0.15) is 0 Å². The first-order valence-corrected chi connectivity index (χ1v) is 6.98. The molecule has 2 N–H and O–H groups in total. The van der Waals surface area contributed by atoms with Gasteiger partial charge in [0.05, 0.1) is 5.41 Å². The number of alkyl halides is 2. The number of aliphatic hydroxyl groups is 1. The van der Waals surface area contributed by atoms with Crippen molar-refractivity contribution in [2.45, 2.75) is 28.9 Å². The Balaban J connectivity index is 2.27. The van der Waals surface area contributed by atoms with E-state index in [-0.39, 0.29) is 17.4 Å². The lowest BCUT2D eigenvalue weighted by Crippen LogP contribution is -2.44. The Morgan fingerprint density at radius 3 is 2.47 bits per heavy atom. The summed E-state index contributed by atoms with van der Waals surface area (Å²) in [6.45, 7) is -0.0395. The number of hydrogen-bond acceptors (Lipinski definition) is 2. The lowest BCUT2D eigenvalue weighted by atomic mass is 9.71. The van der Waals surface area contributed by atoms with Gasteiger partial charge in [0.25, 0.3) is 0 Å². The van der Waals surface area contributed by atoms with Crippen LogP contribution in [-0.2, 0) is 4.79 Å². The van der Waals surface area contributed by atoms with Gasteiger partial charge in [-0.05, 0) is 31.1 Å². The van der Waals surface area contributed by atoms with Gasteiger partial charge in [0.1, 0.15) is 0 Å². The van der Waals surface area contributed by atoms with Gasteiger partial charge >= 0.3 is 5.97 Å². The molecule has 0 spiro atoms. The van der Waals surface area contributed by atoms with Crippen molar-refractivity contribution in [1.82, 2.24) is 0 Å². The molecule has 0 aromatic rings. The summed E-state index contributed by atoms with van der Waals surface area (Å²) in [5, 5.41) is 18.4. The van der Waals surface area contributed by atoms with Gasteiger partial charge in [-0.25, -0.2) is 0 Å². The van der Waals surface area contributed by atoms with Gasteiger partial charge in [0.15, 0.2) is 0 Å². The second-order valence-corrected chi connectivity index (χ2v) is 6.74. The summed E-state index contributed by atoms with van der Waals surface area (Å²) in [6, 6.07) is 0. The third kappa shape index (κ3) is 1.58. The van der Waals surface area contributed by atoms with E-state index < -0.39 is 11.4 Å². The van der Waals surface area contributed by atoms with Crippen LogP contribution in [0.1, 0.15) is 19.3 Å². The summed E-state index contributed by atoms with van der Waals surface area (Å²) in [6.07, 6.45) is 2.04. The van der Waals surface area contributed by atoms with Crippen LogP contribution in [0.3, 0.4) is 0 Å². The largest absolute Gasteiger partial charge is 0.481 e. The standard InChI is InChI=1S/C10H14Br2O3/c11-7-5-3-6(8(7)12)10(4-5,1-2-13)9(14)15/h5-8,13H,1-4H2,(H,14,15). The molecule has 5 heteroatoms. The molecule has 0 heterocycles. The highest BCUT2D eigenvalue weighted by Gasteiger charge is 2.62. The van der Waals surface area contributed by atoms with Crippen LogP contribution in [0.5, 0.6) is 0 Å². The number of fused-ring (bicyclic) bond motifs is 2. The molecule has 5 atom stereocenters. The van der Waals surface area contributed by atoms with Crippen LogP contribution in [-0.4, -0.2) is 32.4 Å². The topological polar surface area (TPSA) is 57.5 Å². The summed E-state index contributed by atoms with van der Waals surface area (Å²) in [5.41, 5.74) is -0.697. The van der Waals surface area contributed by atoms with Gasteiger partial charge in [-0.1, -0.05) is 31.9 Å². The molecule has 2 fully saturated rings. The Morgan fingerprint density at radius 1 is 1.40 bits per heavy atom. The van der Waals surface area contributed by atoms with Crippen molar-refractivity contribution < 1.29 is 15.0 Å². The Morgan fingerprint density at radius 2 is 2.07 bits per heavy atom. The molecule has 2 bridgehead atoms. The Kier molecular flexibility index (Phi) is 3.17. The van der Waals surface area contributed by atoms with Crippen molar-refractivity contribution in [3.05, 3.63) is 0 Å². The van der Waals surface area contributed by atoms with E-state index in [9.17, 15) is 9.90 Å². The third-order valence-electron chi connectivity index (χ3n) is 4.02. The third-order valence-corrected chi connectivity index (χ3v) is 7.25. The van der Waals surface area contributed by atoms with Crippen LogP contribution in [0.4, 0.5) is 0 Å². The minimum atomic E-state index is -0.743. The van der Waals surface area contributed by atoms with Crippen molar-refractivity contribution in [2.24, 2.45) is 17.3 Å². The van der Waals surface area contributed by atoms with E-state index >= 15 is 0 Å². The van der Waals surface area contributed by atoms with E-state index in [0.717, 1.165) is 6.42 Å². The van der Waals surface area contributed by atoms with Gasteiger partial charge in [-0.15, -0.1) is 0 Å². The molecule has 2 saturated carbocycles. The first-order chi connectivity index (χ1) is 7.03. The highest BCUT2D eigenvalue weighted by molar-refractivity contribution is 9.12. The monoisotopic (exact) mass is 340 g/mol. The van der Waals surface area contributed by atoms with E-state index in [2.05, 4.69) is 31.9 Å². The maximum atomic E-state index is 11.4. The highest BCUT2D eigenvalue weighted by atomic mass is 79.9. The minimum absolute atomic E-state index is 0.0395. The zero-order valence-electron chi connectivity index (χ0n) is 8.20. The number of carbonyl (C=O) groups is 1. The fourth-order valence-corrected chi connectivity index (χ4v) is 5.18. The van der Waals surface area contributed by atoms with Crippen LogP contribution in [0.25, 0.3) is 0 Å². The smallest absolute Gasteiger partial charge is 0.310 e. The van der Waals surface area contributed by atoms with Crippen molar-refractivity contribution in [3.8, 4) is 0 Å². The van der Waals surface area contributed by atoms with Crippen LogP contribution < -0.4 is 0 Å². The molecule has 3 nitrogen and oxygen atoms in total. The zero-order valence-corrected chi connectivity index (χ0v) is 11.4. The first-order valence-electron chi connectivity index (χ1n) is 5.15. The van der Waals surface area contributed by atoms with Crippen molar-refractivity contribution in [1.29, 1.82) is 0 Å². The van der Waals surface area contributed by atoms with E-state index in [1.54, 1.807) is 0 Å². The molecule has 86 valence electrons. The summed E-state index contributed by atoms with van der Waals surface area (Å²) in [7, 11) is 0. The van der Waals surface area contributed by atoms with Gasteiger partial charge < -0.3 is 10.2 Å². The second kappa shape index (κ2) is 4.00. The highest BCUT2D eigenvalue weighted by Crippen LogP contribution is 2.61. The Labute approximate surface area is 105 Å². The zero-order chi connectivity index (χ0) is 11.2. The number of aliphatic carboxylic acids is 1. The van der Waals surface area contributed by atoms with Crippen molar-refractivity contribution in [2.75, 3.05) is 6.61 Å². The van der Waals surface area contributed by atoms with Crippen LogP contribution in [0.2, 0.25) is 0 Å². The molecule has 0 radical (unpaired) electrons. The van der Waals surface area contributed by atoms with E-state index in [4.69, 9.17) is 5.11 Å². The number of halogens is 2. The molecule has 0 aromatic carbocycles. The predicted octanol–water partition coefficient (Wildman–Crippen LogP) is 2.01. The number of carboxylic acid groups (broad SMARTS) is 1. The van der Waals surface area contributed by atoms with E-state index in [1.807, 2.05) is 0 Å². The fraction of sp³-hybridized carbons (Fsp3) is 0.900. The van der Waals surface area contributed by atoms with Gasteiger partial charge in [0.2, 0.25) is 0 Å². The van der Waals surface area contributed by atoms with Crippen LogP contribution >= 0.6 is 31.9 Å². The van der Waals surface area contributed by atoms with Gasteiger partial charge in [-0.3, -0.25) is 4.79 Å². The number of hydrogen-bond donors (Lipinski definition) is 2. The Hall–Kier alpha value is 0.390. The quantitative estimate of drug-likeness (QED) is 0.772. The number of carboxylic acids is 1. The fourth-order valence-electron chi connectivity index (χ4n) is 3.25. The molecule has 0 saturated heterocycles. The molecule has 2 rings (SSSR count). The van der Waals surface area contributed by atoms with Crippen LogP contribution in [0.15, 0.2) is 0 Å². The molecule has 0 aromatic heterocycles. The van der Waals surface area contributed by atoms with E-state index in [1.165, 1.54) is 0 Å². The molecular formula is C10H14Br2O3. The average Bonchev–Trinajstić information content (AvgIpc) is 2.67. The summed E-state index contributed by atoms with van der Waals surface area (Å²) >= 11 is 7.19. The number of rotatable bonds is 3. The van der Waals surface area contributed by atoms with Gasteiger partial charge in [0, 0.05) is 16.3 Å². The molecule has 2 aliphatic carbocycles. The van der Waals surface area contributed by atoms with Crippen molar-refractivity contribution >= 4 is 37.8 Å². The second-order valence-electron chi connectivity index (χ2n) is 4.63. The minimum Gasteiger partial charge on any atom is -0.481 e. The molecular weight excluding hydrogens is 328 g/mol. The van der Waals surface area contributed by atoms with Crippen LogP contribution in [0, 0.1) is 17.3 Å². The maximum Gasteiger partial charge on any atom is 0.310 e. The first kappa shape index (κ1) is 11.9. The molecule has 0 amide bonds. The molecule has 0 aliphatic heterocycles. The lowest BCUT2D eigenvalue weighted by Gasteiger charge is -2.37. The SMILES string of the molecule is O=C(O)C1(CCO)CC2CC1C(Br)C2Br. The Bertz CT molecular complexity index is 282. The number of aliphatic hydroxyl groups excluding tert-OH is 1. The molecule has 2 aliphatic rings. The van der Waals surface area contributed by atoms with Crippen molar-refractivity contribution in [3.63, 3.8) is 0 Å². The summed E-state index contributed by atoms with van der Waals surface area (Å²) in [4.78, 5) is 12.0.